The number of nitrogens with zero attached hydrogens (tertiary/aromatic N) is 4. The zero-order valence-corrected chi connectivity index (χ0v) is 15.5. The summed E-state index contributed by atoms with van der Waals surface area (Å²) in [6.07, 6.45) is 2.87. The number of amides is 1. The van der Waals surface area contributed by atoms with Crippen LogP contribution in [0.2, 0.25) is 5.02 Å². The number of aryl methyl sites for hydroxylation is 2. The lowest BCUT2D eigenvalue weighted by Gasteiger charge is -2.11. The van der Waals surface area contributed by atoms with E-state index in [1.807, 2.05) is 0 Å². The summed E-state index contributed by atoms with van der Waals surface area (Å²) in [4.78, 5) is 32.7. The van der Waals surface area contributed by atoms with Crippen molar-refractivity contribution in [3.63, 3.8) is 0 Å². The smallest absolute Gasteiger partial charge is 0.350 e. The van der Waals surface area contributed by atoms with E-state index in [4.69, 9.17) is 16.3 Å². The average molecular weight is 392 g/mol. The van der Waals surface area contributed by atoms with Crippen molar-refractivity contribution in [3.05, 3.63) is 51.5 Å². The van der Waals surface area contributed by atoms with Crippen LogP contribution < -0.4 is 5.32 Å². The fraction of sp³-hybridized carbons (Fsp3) is 0.188. The van der Waals surface area contributed by atoms with Crippen LogP contribution in [0.5, 0.6) is 0 Å². The van der Waals surface area contributed by atoms with Crippen molar-refractivity contribution in [3.8, 4) is 5.69 Å². The lowest BCUT2D eigenvalue weighted by molar-refractivity contribution is -0.119. The molecule has 0 bridgehead atoms. The SMILES string of the molecule is Cc1nc(C)c(C(=O)OCC(=O)Nc2cc(Cl)ccc2-n2cncn2)s1. The Kier molecular flexibility index (Phi) is 5.29. The Balaban J connectivity index is 1.68. The van der Waals surface area contributed by atoms with Gasteiger partial charge in [-0.15, -0.1) is 11.3 Å². The van der Waals surface area contributed by atoms with E-state index < -0.39 is 18.5 Å². The van der Waals surface area contributed by atoms with Crippen LogP contribution >= 0.6 is 22.9 Å². The number of ether oxygens (including phenoxy) is 1. The fourth-order valence-corrected chi connectivity index (χ4v) is 3.23. The third-order valence-electron chi connectivity index (χ3n) is 3.32. The molecule has 0 aliphatic rings. The number of carbonyl (C=O) groups excluding carboxylic acids is 2. The van der Waals surface area contributed by atoms with E-state index in [2.05, 4.69) is 20.4 Å². The first-order chi connectivity index (χ1) is 12.4. The third-order valence-corrected chi connectivity index (χ3v) is 4.61. The zero-order valence-electron chi connectivity index (χ0n) is 13.9. The molecule has 8 nitrogen and oxygen atoms in total. The van der Waals surface area contributed by atoms with Crippen LogP contribution in [0.4, 0.5) is 5.69 Å². The van der Waals surface area contributed by atoms with Gasteiger partial charge in [-0.05, 0) is 32.0 Å². The summed E-state index contributed by atoms with van der Waals surface area (Å²) in [6.45, 7) is 3.08. The third kappa shape index (κ3) is 4.06. The standard InChI is InChI=1S/C16H14ClN5O3S/c1-9-15(26-10(2)20-9)16(24)25-6-14(23)21-12-5-11(17)3-4-13(12)22-8-18-7-19-22/h3-5,7-8H,6H2,1-2H3,(H,21,23). The Labute approximate surface area is 157 Å². The Morgan fingerprint density at radius 3 is 2.81 bits per heavy atom. The van der Waals surface area contributed by atoms with Crippen molar-refractivity contribution in [2.75, 3.05) is 11.9 Å². The van der Waals surface area contributed by atoms with Gasteiger partial charge in [0.1, 0.15) is 17.5 Å². The number of rotatable bonds is 5. The summed E-state index contributed by atoms with van der Waals surface area (Å²) >= 11 is 7.23. The molecule has 26 heavy (non-hydrogen) atoms. The minimum Gasteiger partial charge on any atom is -0.451 e. The molecule has 10 heteroatoms. The Hall–Kier alpha value is -2.78. The van der Waals surface area contributed by atoms with Gasteiger partial charge in [-0.25, -0.2) is 19.4 Å². The quantitative estimate of drug-likeness (QED) is 0.671. The highest BCUT2D eigenvalue weighted by Crippen LogP contribution is 2.24. The number of aromatic nitrogens is 4. The van der Waals surface area contributed by atoms with E-state index in [1.165, 1.54) is 28.7 Å². The van der Waals surface area contributed by atoms with E-state index in [0.717, 1.165) is 5.01 Å². The summed E-state index contributed by atoms with van der Waals surface area (Å²) in [5.74, 6) is -1.08. The van der Waals surface area contributed by atoms with Crippen LogP contribution in [-0.4, -0.2) is 38.2 Å². The largest absolute Gasteiger partial charge is 0.451 e. The molecule has 0 atom stereocenters. The second-order valence-electron chi connectivity index (χ2n) is 5.27. The maximum absolute atomic E-state index is 12.2. The van der Waals surface area contributed by atoms with Crippen LogP contribution in [0.25, 0.3) is 5.69 Å². The Bertz CT molecular complexity index is 955. The lowest BCUT2D eigenvalue weighted by Crippen LogP contribution is -2.21. The summed E-state index contributed by atoms with van der Waals surface area (Å²) in [5, 5.41) is 7.90. The highest BCUT2D eigenvalue weighted by molar-refractivity contribution is 7.13. The molecule has 2 aromatic heterocycles. The van der Waals surface area contributed by atoms with Gasteiger partial charge >= 0.3 is 5.97 Å². The van der Waals surface area contributed by atoms with Crippen molar-refractivity contribution in [1.82, 2.24) is 19.7 Å². The molecule has 3 rings (SSSR count). The van der Waals surface area contributed by atoms with Crippen LogP contribution in [-0.2, 0) is 9.53 Å². The van der Waals surface area contributed by atoms with Crippen molar-refractivity contribution >= 4 is 40.5 Å². The van der Waals surface area contributed by atoms with E-state index in [-0.39, 0.29) is 0 Å². The van der Waals surface area contributed by atoms with E-state index in [9.17, 15) is 9.59 Å². The average Bonchev–Trinajstić information content (AvgIpc) is 3.22. The van der Waals surface area contributed by atoms with Gasteiger partial charge in [0.15, 0.2) is 6.61 Å². The summed E-state index contributed by atoms with van der Waals surface area (Å²) in [5.41, 5.74) is 1.59. The fourth-order valence-electron chi connectivity index (χ4n) is 2.24. The number of anilines is 1. The first-order valence-electron chi connectivity index (χ1n) is 7.49. The van der Waals surface area contributed by atoms with E-state index in [0.29, 0.717) is 27.0 Å². The maximum atomic E-state index is 12.2. The highest BCUT2D eigenvalue weighted by Gasteiger charge is 2.17. The molecule has 1 N–H and O–H groups in total. The van der Waals surface area contributed by atoms with Crippen LogP contribution in [0, 0.1) is 13.8 Å². The van der Waals surface area contributed by atoms with Gasteiger partial charge in [0.05, 0.1) is 22.1 Å². The molecule has 0 saturated heterocycles. The van der Waals surface area contributed by atoms with Gasteiger partial charge in [-0.2, -0.15) is 5.10 Å². The second kappa shape index (κ2) is 7.63. The molecule has 2 heterocycles. The highest BCUT2D eigenvalue weighted by atomic mass is 35.5. The first kappa shape index (κ1) is 18.0. The summed E-state index contributed by atoms with van der Waals surface area (Å²) in [7, 11) is 0. The van der Waals surface area contributed by atoms with Crippen molar-refractivity contribution in [1.29, 1.82) is 0 Å². The number of halogens is 1. The van der Waals surface area contributed by atoms with Gasteiger partial charge in [-0.3, -0.25) is 4.79 Å². The molecule has 1 aromatic carbocycles. The molecule has 3 aromatic rings. The summed E-state index contributed by atoms with van der Waals surface area (Å²) < 4.78 is 6.56. The summed E-state index contributed by atoms with van der Waals surface area (Å²) in [6, 6.07) is 4.94. The van der Waals surface area contributed by atoms with Gasteiger partial charge in [-0.1, -0.05) is 11.6 Å². The molecule has 0 aliphatic heterocycles. The molecule has 0 unspecified atom stereocenters. The molecule has 0 spiro atoms. The number of nitrogens with one attached hydrogen (secondary N) is 1. The van der Waals surface area contributed by atoms with Gasteiger partial charge < -0.3 is 10.1 Å². The van der Waals surface area contributed by atoms with Gasteiger partial charge in [0.2, 0.25) is 0 Å². The zero-order chi connectivity index (χ0) is 18.7. The minimum atomic E-state index is -0.578. The number of hydrogen-bond acceptors (Lipinski definition) is 7. The molecule has 0 aliphatic carbocycles. The van der Waals surface area contributed by atoms with Crippen LogP contribution in [0.15, 0.2) is 30.9 Å². The van der Waals surface area contributed by atoms with Crippen molar-refractivity contribution in [2.24, 2.45) is 0 Å². The second-order valence-corrected chi connectivity index (χ2v) is 6.91. The number of carbonyl (C=O) groups is 2. The van der Waals surface area contributed by atoms with Gasteiger partial charge in [0.25, 0.3) is 5.91 Å². The number of thiazole rings is 1. The Morgan fingerprint density at radius 2 is 2.15 bits per heavy atom. The molecular weight excluding hydrogens is 378 g/mol. The normalized spacial score (nSPS) is 10.6. The molecular formula is C16H14ClN5O3S. The molecule has 134 valence electrons. The van der Waals surface area contributed by atoms with Gasteiger partial charge in [0, 0.05) is 5.02 Å². The number of benzene rings is 1. The predicted octanol–water partition coefficient (Wildman–Crippen LogP) is 2.79. The van der Waals surface area contributed by atoms with Crippen LogP contribution in [0.1, 0.15) is 20.4 Å². The minimum absolute atomic E-state index is 0.390. The number of hydrogen-bond donors (Lipinski definition) is 1. The van der Waals surface area contributed by atoms with Crippen molar-refractivity contribution in [2.45, 2.75) is 13.8 Å². The number of esters is 1. The molecule has 1 amide bonds. The monoisotopic (exact) mass is 391 g/mol. The lowest BCUT2D eigenvalue weighted by atomic mass is 10.2. The van der Waals surface area contributed by atoms with Crippen molar-refractivity contribution < 1.29 is 14.3 Å². The van der Waals surface area contributed by atoms with Crippen LogP contribution in [0.3, 0.4) is 0 Å². The first-order valence-corrected chi connectivity index (χ1v) is 8.69. The van der Waals surface area contributed by atoms with E-state index >= 15 is 0 Å². The van der Waals surface area contributed by atoms with E-state index in [1.54, 1.807) is 32.0 Å². The molecule has 0 fully saturated rings. The maximum Gasteiger partial charge on any atom is 0.350 e. The molecule has 0 radical (unpaired) electrons. The topological polar surface area (TPSA) is 99.0 Å². The molecule has 0 saturated carbocycles. The Morgan fingerprint density at radius 1 is 1.35 bits per heavy atom. The predicted molar refractivity (Wildman–Crippen MR) is 96.9 cm³/mol.